The van der Waals surface area contributed by atoms with Crippen LogP contribution in [0, 0.1) is 13.8 Å². The van der Waals surface area contributed by atoms with Gasteiger partial charge < -0.3 is 0 Å². The smallest absolute Gasteiger partial charge is 0.215 e. The van der Waals surface area contributed by atoms with Gasteiger partial charge in [0.25, 0.3) is 0 Å². The number of imidazole rings is 1. The van der Waals surface area contributed by atoms with Crippen molar-refractivity contribution >= 4 is 27.5 Å². The Balaban J connectivity index is 2.20. The van der Waals surface area contributed by atoms with Gasteiger partial charge in [-0.2, -0.15) is 0 Å². The van der Waals surface area contributed by atoms with E-state index in [0.717, 1.165) is 12.8 Å². The third-order valence-corrected chi connectivity index (χ3v) is 9.54. The molecule has 2 aromatic heterocycles. The van der Waals surface area contributed by atoms with E-state index in [1.165, 1.54) is 55.4 Å². The molecule has 0 fully saturated rings. The number of nitrogens with zero attached hydrogens (tertiary/aromatic N) is 3. The average molecular weight is 471 g/mol. The molecule has 186 valence electrons. The molecule has 2 unspecified atom stereocenters. The summed E-state index contributed by atoms with van der Waals surface area (Å²) in [6.07, 6.45) is 2.15. The summed E-state index contributed by atoms with van der Waals surface area (Å²) in [5.41, 5.74) is 10.5. The fraction of sp³-hybridized carbons (Fsp3) is 0.562. The molecule has 0 N–H and O–H groups in total. The topological polar surface area (TPSA) is 21.2 Å². The Morgan fingerprint density at radius 1 is 0.857 bits per heavy atom. The molecule has 0 saturated carbocycles. The zero-order valence-corrected chi connectivity index (χ0v) is 24.1. The lowest BCUT2D eigenvalue weighted by Crippen LogP contribution is -2.66. The van der Waals surface area contributed by atoms with Crippen molar-refractivity contribution in [1.29, 1.82) is 0 Å². The molecule has 2 aromatic carbocycles. The van der Waals surface area contributed by atoms with Crippen LogP contribution >= 0.6 is 0 Å². The summed E-state index contributed by atoms with van der Waals surface area (Å²) in [5, 5.41) is 8.19. The maximum absolute atomic E-state index is 5.46. The maximum atomic E-state index is 5.46. The molecule has 0 bridgehead atoms. The molecule has 5 rings (SSSR count). The second-order valence-electron chi connectivity index (χ2n) is 13.6. The Hall–Kier alpha value is -2.42. The first-order chi connectivity index (χ1) is 16.1. The zero-order valence-electron chi connectivity index (χ0n) is 24.1. The van der Waals surface area contributed by atoms with Crippen LogP contribution in [0.25, 0.3) is 27.5 Å². The van der Waals surface area contributed by atoms with Gasteiger partial charge in [0.1, 0.15) is 5.54 Å². The predicted molar refractivity (Wildman–Crippen MR) is 149 cm³/mol. The van der Waals surface area contributed by atoms with Crippen molar-refractivity contribution in [1.82, 2.24) is 9.61 Å². The number of fused-ring (bicyclic) bond motifs is 3. The Kier molecular flexibility index (Phi) is 4.91. The molecular weight excluding hydrogens is 426 g/mol. The molecule has 3 nitrogen and oxygen atoms in total. The van der Waals surface area contributed by atoms with E-state index in [-0.39, 0.29) is 21.8 Å². The summed E-state index contributed by atoms with van der Waals surface area (Å²) in [7, 11) is 0. The standard InChI is InChI=1S/C32H44N3/c1-13-31(11)23-18-21(29(5,6)7)17-22-26(23)28-34(32(31,12)14-2)24-15-19(3)20(4)16-25(24)35(28)33-27(22)30(8,9)10/h15-18H,13-14H2,1-12H3/q+1. The largest absolute Gasteiger partial charge is 0.317 e. The van der Waals surface area contributed by atoms with Gasteiger partial charge in [-0.15, -0.1) is 0 Å². The molecule has 2 atom stereocenters. The van der Waals surface area contributed by atoms with Crippen molar-refractivity contribution in [3.8, 4) is 0 Å². The lowest BCUT2D eigenvalue weighted by atomic mass is 9.61. The van der Waals surface area contributed by atoms with Gasteiger partial charge in [0, 0.05) is 16.2 Å². The molecule has 3 heteroatoms. The zero-order chi connectivity index (χ0) is 25.9. The number of benzene rings is 2. The van der Waals surface area contributed by atoms with Crippen molar-refractivity contribution in [3.63, 3.8) is 0 Å². The minimum Gasteiger partial charge on any atom is -0.215 e. The van der Waals surface area contributed by atoms with Gasteiger partial charge in [-0.25, -0.2) is 4.57 Å². The third-order valence-electron chi connectivity index (χ3n) is 9.54. The van der Waals surface area contributed by atoms with Crippen molar-refractivity contribution in [2.45, 2.75) is 118 Å². The van der Waals surface area contributed by atoms with E-state index in [1.807, 2.05) is 0 Å². The van der Waals surface area contributed by atoms with Crippen LogP contribution in [0.15, 0.2) is 24.3 Å². The van der Waals surface area contributed by atoms with E-state index in [0.29, 0.717) is 0 Å². The Morgan fingerprint density at radius 2 is 1.49 bits per heavy atom. The third kappa shape index (κ3) is 2.96. The Morgan fingerprint density at radius 3 is 2.03 bits per heavy atom. The molecule has 0 radical (unpaired) electrons. The molecule has 1 aliphatic rings. The fourth-order valence-corrected chi connectivity index (χ4v) is 6.58. The van der Waals surface area contributed by atoms with E-state index < -0.39 is 0 Å². The van der Waals surface area contributed by atoms with Crippen LogP contribution in [-0.2, 0) is 21.8 Å². The van der Waals surface area contributed by atoms with Gasteiger partial charge in [0.2, 0.25) is 5.52 Å². The van der Waals surface area contributed by atoms with Crippen molar-refractivity contribution in [3.05, 3.63) is 52.2 Å². The molecule has 1 aliphatic heterocycles. The molecule has 3 heterocycles. The summed E-state index contributed by atoms with van der Waals surface area (Å²) in [5.74, 6) is 0. The molecular formula is C32H44N3+. The van der Waals surface area contributed by atoms with Gasteiger partial charge >= 0.3 is 5.65 Å². The highest BCUT2D eigenvalue weighted by Gasteiger charge is 2.55. The average Bonchev–Trinajstić information content (AvgIpc) is 3.08. The summed E-state index contributed by atoms with van der Waals surface area (Å²) in [4.78, 5) is 0. The molecule has 0 spiro atoms. The first-order valence-electron chi connectivity index (χ1n) is 13.5. The van der Waals surface area contributed by atoms with Crippen LogP contribution in [0.2, 0.25) is 0 Å². The van der Waals surface area contributed by atoms with E-state index in [4.69, 9.17) is 5.10 Å². The number of hydrogen-bond donors (Lipinski definition) is 0. The van der Waals surface area contributed by atoms with Gasteiger partial charge in [0.15, 0.2) is 5.52 Å². The molecule has 35 heavy (non-hydrogen) atoms. The van der Waals surface area contributed by atoms with Crippen LogP contribution in [0.4, 0.5) is 0 Å². The van der Waals surface area contributed by atoms with Crippen LogP contribution in [0.5, 0.6) is 0 Å². The molecule has 4 aromatic rings. The predicted octanol–water partition coefficient (Wildman–Crippen LogP) is 7.95. The van der Waals surface area contributed by atoms with Crippen molar-refractivity contribution < 1.29 is 4.57 Å². The second kappa shape index (κ2) is 7.08. The van der Waals surface area contributed by atoms with Gasteiger partial charge in [-0.3, -0.25) is 0 Å². The minimum atomic E-state index is -0.0722. The quantitative estimate of drug-likeness (QED) is 0.272. The van der Waals surface area contributed by atoms with E-state index in [2.05, 4.69) is 116 Å². The fourth-order valence-electron chi connectivity index (χ4n) is 6.58. The first kappa shape index (κ1) is 24.3. The molecule has 0 aliphatic carbocycles. The summed E-state index contributed by atoms with van der Waals surface area (Å²) in [6.45, 7) is 28.1. The van der Waals surface area contributed by atoms with Gasteiger partial charge in [0.05, 0.1) is 11.1 Å². The van der Waals surface area contributed by atoms with Crippen molar-refractivity contribution in [2.24, 2.45) is 0 Å². The highest BCUT2D eigenvalue weighted by molar-refractivity contribution is 6.01. The Labute approximate surface area is 211 Å². The number of rotatable bonds is 2. The van der Waals surface area contributed by atoms with Crippen LogP contribution in [0.1, 0.15) is 110 Å². The highest BCUT2D eigenvalue weighted by atomic mass is 15.3. The lowest BCUT2D eigenvalue weighted by Gasteiger charge is -2.47. The molecule has 0 amide bonds. The second-order valence-corrected chi connectivity index (χ2v) is 13.6. The Bertz CT molecular complexity index is 1520. The maximum Gasteiger partial charge on any atom is 0.317 e. The normalized spacial score (nSPS) is 22.7. The number of aromatic nitrogens is 3. The molecule has 0 saturated heterocycles. The number of aryl methyl sites for hydroxylation is 2. The first-order valence-corrected chi connectivity index (χ1v) is 13.5. The summed E-state index contributed by atoms with van der Waals surface area (Å²) < 4.78 is 4.96. The van der Waals surface area contributed by atoms with Crippen LogP contribution < -0.4 is 4.57 Å². The summed E-state index contributed by atoms with van der Waals surface area (Å²) in [6, 6.07) is 9.76. The lowest BCUT2D eigenvalue weighted by molar-refractivity contribution is -0.728. The highest BCUT2D eigenvalue weighted by Crippen LogP contribution is 2.51. The van der Waals surface area contributed by atoms with E-state index in [9.17, 15) is 0 Å². The van der Waals surface area contributed by atoms with Gasteiger partial charge in [-0.1, -0.05) is 78.0 Å². The number of hydrogen-bond acceptors (Lipinski definition) is 1. The summed E-state index contributed by atoms with van der Waals surface area (Å²) >= 11 is 0. The van der Waals surface area contributed by atoms with Crippen LogP contribution in [-0.4, -0.2) is 9.61 Å². The minimum absolute atomic E-state index is 0.0109. The van der Waals surface area contributed by atoms with Crippen molar-refractivity contribution in [2.75, 3.05) is 0 Å². The van der Waals surface area contributed by atoms with Crippen LogP contribution in [0.3, 0.4) is 0 Å². The van der Waals surface area contributed by atoms with E-state index >= 15 is 0 Å². The van der Waals surface area contributed by atoms with Gasteiger partial charge in [-0.05, 0) is 79.5 Å². The monoisotopic (exact) mass is 470 g/mol. The van der Waals surface area contributed by atoms with E-state index in [1.54, 1.807) is 0 Å². The SMILES string of the molecule is CCC1(C)c2cc(C(C)(C)C)cc3c(C(C)(C)C)nn4c5cc(C)c(C)cc5[n+](c4c23)C1(C)CC.